The summed E-state index contributed by atoms with van der Waals surface area (Å²) in [4.78, 5) is 40.8. The molecule has 0 atom stereocenters. The molecule has 2 aromatic heterocycles. The number of carbonyl (C=O) groups is 1. The van der Waals surface area contributed by atoms with Crippen LogP contribution >= 0.6 is 11.6 Å². The Morgan fingerprint density at radius 3 is 2.60 bits per heavy atom. The minimum absolute atomic E-state index is 0.0351. The Kier molecular flexibility index (Phi) is 4.13. The van der Waals surface area contributed by atoms with Crippen LogP contribution in [-0.2, 0) is 14.1 Å². The lowest BCUT2D eigenvalue weighted by Crippen LogP contribution is -2.37. The summed E-state index contributed by atoms with van der Waals surface area (Å²) in [5.41, 5.74) is -1.31. The van der Waals surface area contributed by atoms with Crippen LogP contribution in [0, 0.1) is 5.82 Å². The molecule has 0 unspecified atom stereocenters. The molecule has 0 saturated heterocycles. The van der Waals surface area contributed by atoms with Crippen LogP contribution in [0.25, 0.3) is 11.0 Å². The van der Waals surface area contributed by atoms with Gasteiger partial charge in [-0.15, -0.1) is 0 Å². The zero-order valence-corrected chi connectivity index (χ0v) is 14.0. The first-order valence-corrected chi connectivity index (χ1v) is 7.50. The van der Waals surface area contributed by atoms with Crippen LogP contribution in [0.3, 0.4) is 0 Å². The Bertz CT molecular complexity index is 1120. The van der Waals surface area contributed by atoms with E-state index in [-0.39, 0.29) is 27.3 Å². The summed E-state index contributed by atoms with van der Waals surface area (Å²) in [6, 6.07) is 5.25. The fraction of sp³-hybridized carbons (Fsp3) is 0.125. The van der Waals surface area contributed by atoms with E-state index >= 15 is 0 Å². The van der Waals surface area contributed by atoms with Crippen LogP contribution in [0.1, 0.15) is 10.4 Å². The number of rotatable bonds is 2. The summed E-state index contributed by atoms with van der Waals surface area (Å²) in [6.07, 6.45) is 1.33. The van der Waals surface area contributed by atoms with E-state index in [1.807, 2.05) is 0 Å². The molecule has 0 aliphatic heterocycles. The van der Waals surface area contributed by atoms with Crippen molar-refractivity contribution in [3.63, 3.8) is 0 Å². The number of amides is 1. The predicted octanol–water partition coefficient (Wildman–Crippen LogP) is 1.68. The molecule has 0 radical (unpaired) electrons. The van der Waals surface area contributed by atoms with E-state index in [4.69, 9.17) is 11.6 Å². The third-order valence-electron chi connectivity index (χ3n) is 3.78. The van der Waals surface area contributed by atoms with Gasteiger partial charge in [0, 0.05) is 20.3 Å². The van der Waals surface area contributed by atoms with Crippen LogP contribution in [-0.4, -0.2) is 20.0 Å². The number of carbonyl (C=O) groups excluding carboxylic acids is 1. The number of halogens is 2. The van der Waals surface area contributed by atoms with Crippen molar-refractivity contribution < 1.29 is 9.18 Å². The standard InChI is InChI=1S/C16H12ClFN4O3/c1-21-13-12(15(24)22(2)16(21)25)10(6-7-19-13)20-14(23)11-8(17)4-3-5-9(11)18/h3-7H,1-2H3,(H,19,20,23). The van der Waals surface area contributed by atoms with E-state index in [1.54, 1.807) is 0 Å². The predicted molar refractivity (Wildman–Crippen MR) is 91.6 cm³/mol. The summed E-state index contributed by atoms with van der Waals surface area (Å²) in [5.74, 6) is -1.60. The minimum Gasteiger partial charge on any atom is -0.321 e. The quantitative estimate of drug-likeness (QED) is 0.751. The summed E-state index contributed by atoms with van der Waals surface area (Å²) in [6.45, 7) is 0. The van der Waals surface area contributed by atoms with Gasteiger partial charge in [0.05, 0.1) is 16.3 Å². The van der Waals surface area contributed by atoms with Crippen LogP contribution in [0.2, 0.25) is 5.02 Å². The second-order valence-corrected chi connectivity index (χ2v) is 5.72. The second-order valence-electron chi connectivity index (χ2n) is 5.31. The smallest absolute Gasteiger partial charge is 0.321 e. The number of hydrogen-bond acceptors (Lipinski definition) is 4. The van der Waals surface area contributed by atoms with Gasteiger partial charge in [0.1, 0.15) is 11.2 Å². The van der Waals surface area contributed by atoms with Crippen molar-refractivity contribution in [2.24, 2.45) is 14.1 Å². The summed E-state index contributed by atoms with van der Waals surface area (Å²) in [5, 5.41) is 2.44. The molecular formula is C16H12ClFN4O3. The average molecular weight is 363 g/mol. The minimum atomic E-state index is -0.813. The third-order valence-corrected chi connectivity index (χ3v) is 4.09. The number of hydrogen-bond donors (Lipinski definition) is 1. The molecule has 7 nitrogen and oxygen atoms in total. The highest BCUT2D eigenvalue weighted by atomic mass is 35.5. The maximum atomic E-state index is 13.9. The van der Waals surface area contributed by atoms with E-state index in [1.165, 1.54) is 43.1 Å². The first-order chi connectivity index (χ1) is 11.8. The van der Waals surface area contributed by atoms with Gasteiger partial charge in [0.2, 0.25) is 0 Å². The number of aromatic nitrogens is 3. The third kappa shape index (κ3) is 2.70. The number of aryl methyl sites for hydroxylation is 1. The van der Waals surface area contributed by atoms with E-state index in [0.29, 0.717) is 0 Å². The van der Waals surface area contributed by atoms with Crippen molar-refractivity contribution in [3.8, 4) is 0 Å². The zero-order chi connectivity index (χ0) is 18.3. The van der Waals surface area contributed by atoms with Crippen molar-refractivity contribution >= 4 is 34.2 Å². The highest BCUT2D eigenvalue weighted by molar-refractivity contribution is 6.34. The van der Waals surface area contributed by atoms with Gasteiger partial charge >= 0.3 is 5.69 Å². The van der Waals surface area contributed by atoms with Crippen molar-refractivity contribution in [3.05, 3.63) is 67.7 Å². The molecule has 25 heavy (non-hydrogen) atoms. The first kappa shape index (κ1) is 16.8. The number of nitrogens with one attached hydrogen (secondary N) is 1. The molecule has 9 heteroatoms. The Labute approximate surface area is 145 Å². The fourth-order valence-electron chi connectivity index (χ4n) is 2.49. The zero-order valence-electron chi connectivity index (χ0n) is 13.2. The molecule has 0 fully saturated rings. The van der Waals surface area contributed by atoms with Crippen LogP contribution < -0.4 is 16.6 Å². The lowest BCUT2D eigenvalue weighted by Gasteiger charge is -2.12. The molecular weight excluding hydrogens is 351 g/mol. The van der Waals surface area contributed by atoms with Gasteiger partial charge in [0.25, 0.3) is 11.5 Å². The number of pyridine rings is 1. The number of nitrogens with zero attached hydrogens (tertiary/aromatic N) is 3. The van der Waals surface area contributed by atoms with E-state index in [9.17, 15) is 18.8 Å². The van der Waals surface area contributed by atoms with Gasteiger partial charge in [-0.2, -0.15) is 0 Å². The normalized spacial score (nSPS) is 10.9. The maximum absolute atomic E-state index is 13.9. The van der Waals surface area contributed by atoms with Crippen LogP contribution in [0.5, 0.6) is 0 Å². The molecule has 1 amide bonds. The van der Waals surface area contributed by atoms with Crippen molar-refractivity contribution in [2.45, 2.75) is 0 Å². The van der Waals surface area contributed by atoms with Crippen LogP contribution in [0.15, 0.2) is 40.1 Å². The topological polar surface area (TPSA) is 86.0 Å². The first-order valence-electron chi connectivity index (χ1n) is 7.13. The molecule has 2 heterocycles. The largest absolute Gasteiger partial charge is 0.332 e. The van der Waals surface area contributed by atoms with Gasteiger partial charge in [-0.1, -0.05) is 17.7 Å². The fourth-order valence-corrected chi connectivity index (χ4v) is 2.74. The average Bonchev–Trinajstić information content (AvgIpc) is 2.57. The van der Waals surface area contributed by atoms with Gasteiger partial charge < -0.3 is 5.32 Å². The van der Waals surface area contributed by atoms with Crippen molar-refractivity contribution in [2.75, 3.05) is 5.32 Å². The molecule has 0 saturated carbocycles. The van der Waals surface area contributed by atoms with Gasteiger partial charge in [-0.25, -0.2) is 14.2 Å². The molecule has 0 aliphatic rings. The molecule has 0 bridgehead atoms. The summed E-state index contributed by atoms with van der Waals surface area (Å²) >= 11 is 5.89. The second kappa shape index (κ2) is 6.14. The number of benzene rings is 1. The van der Waals surface area contributed by atoms with E-state index in [0.717, 1.165) is 10.6 Å². The molecule has 0 aliphatic carbocycles. The Balaban J connectivity index is 2.20. The lowest BCUT2D eigenvalue weighted by molar-refractivity contribution is 0.102. The Hall–Kier alpha value is -3.00. The highest BCUT2D eigenvalue weighted by Crippen LogP contribution is 2.22. The molecule has 3 aromatic rings. The Morgan fingerprint density at radius 1 is 1.20 bits per heavy atom. The molecule has 1 N–H and O–H groups in total. The van der Waals surface area contributed by atoms with Crippen molar-refractivity contribution in [1.29, 1.82) is 0 Å². The Morgan fingerprint density at radius 2 is 1.92 bits per heavy atom. The highest BCUT2D eigenvalue weighted by Gasteiger charge is 2.19. The summed E-state index contributed by atoms with van der Waals surface area (Å²) < 4.78 is 16.0. The molecule has 1 aromatic carbocycles. The van der Waals surface area contributed by atoms with Gasteiger partial charge in [0.15, 0.2) is 5.65 Å². The number of fused-ring (bicyclic) bond motifs is 1. The van der Waals surface area contributed by atoms with Crippen molar-refractivity contribution in [1.82, 2.24) is 14.1 Å². The molecule has 0 spiro atoms. The SMILES string of the molecule is Cn1c(=O)c2c(NC(=O)c3c(F)cccc3Cl)ccnc2n(C)c1=O. The lowest BCUT2D eigenvalue weighted by atomic mass is 10.2. The van der Waals surface area contributed by atoms with Crippen LogP contribution in [0.4, 0.5) is 10.1 Å². The number of anilines is 1. The van der Waals surface area contributed by atoms with Gasteiger partial charge in [-0.05, 0) is 18.2 Å². The van der Waals surface area contributed by atoms with E-state index in [2.05, 4.69) is 10.3 Å². The maximum Gasteiger partial charge on any atom is 0.332 e. The molecule has 128 valence electrons. The van der Waals surface area contributed by atoms with E-state index < -0.39 is 23.0 Å². The molecule has 3 rings (SSSR count). The monoisotopic (exact) mass is 362 g/mol. The van der Waals surface area contributed by atoms with Gasteiger partial charge in [-0.3, -0.25) is 18.7 Å². The summed E-state index contributed by atoms with van der Waals surface area (Å²) in [7, 11) is 2.77.